The van der Waals surface area contributed by atoms with Crippen LogP contribution in [0, 0.1) is 5.92 Å². The van der Waals surface area contributed by atoms with Crippen molar-refractivity contribution in [2.45, 2.75) is 58.4 Å². The molecule has 224 valence electrons. The quantitative estimate of drug-likeness (QED) is 0.223. The second kappa shape index (κ2) is 12.1. The van der Waals surface area contributed by atoms with E-state index in [2.05, 4.69) is 20.9 Å². The van der Waals surface area contributed by atoms with E-state index in [0.717, 1.165) is 72.3 Å². The first kappa shape index (κ1) is 29.3. The van der Waals surface area contributed by atoms with E-state index >= 15 is 0 Å². The lowest BCUT2D eigenvalue weighted by molar-refractivity contribution is -0.137. The van der Waals surface area contributed by atoms with E-state index in [1.807, 2.05) is 30.5 Å². The van der Waals surface area contributed by atoms with Gasteiger partial charge in [0.25, 0.3) is 0 Å². The fourth-order valence-corrected chi connectivity index (χ4v) is 6.62. The van der Waals surface area contributed by atoms with Crippen molar-refractivity contribution in [2.75, 3.05) is 19.6 Å². The molecule has 6 nitrogen and oxygen atoms in total. The lowest BCUT2D eigenvalue weighted by Gasteiger charge is -2.31. The van der Waals surface area contributed by atoms with Crippen LogP contribution in [0.2, 0.25) is 0 Å². The summed E-state index contributed by atoms with van der Waals surface area (Å²) in [6, 6.07) is 15.0. The number of piperidine rings is 1. The molecule has 0 radical (unpaired) electrons. The lowest BCUT2D eigenvalue weighted by atomic mass is 9.89. The van der Waals surface area contributed by atoms with E-state index in [1.54, 1.807) is 17.7 Å². The van der Waals surface area contributed by atoms with Gasteiger partial charge in [0.15, 0.2) is 5.78 Å². The Morgan fingerprint density at radius 2 is 1.67 bits per heavy atom. The summed E-state index contributed by atoms with van der Waals surface area (Å²) in [5.74, 6) is 0.386. The van der Waals surface area contributed by atoms with Crippen LogP contribution in [0.4, 0.5) is 13.2 Å². The number of benzene rings is 2. The first-order valence-electron chi connectivity index (χ1n) is 14.9. The Morgan fingerprint density at radius 1 is 0.930 bits per heavy atom. The molecular formula is C34H35F3N4O2. The highest BCUT2D eigenvalue weighted by molar-refractivity contribution is 6.02. The van der Waals surface area contributed by atoms with Gasteiger partial charge < -0.3 is 0 Å². The molecule has 0 atom stereocenters. The Bertz CT molecular complexity index is 1620. The van der Waals surface area contributed by atoms with E-state index in [-0.39, 0.29) is 11.7 Å². The maximum atomic E-state index is 13.5. The van der Waals surface area contributed by atoms with Gasteiger partial charge in [-0.25, -0.2) is 0 Å². The summed E-state index contributed by atoms with van der Waals surface area (Å²) in [5.41, 5.74) is 4.77. The molecule has 0 amide bonds. The van der Waals surface area contributed by atoms with Crippen LogP contribution in [0.25, 0.3) is 10.9 Å². The molecule has 6 rings (SSSR count). The van der Waals surface area contributed by atoms with E-state index < -0.39 is 11.7 Å². The normalized spacial score (nSPS) is 16.8. The Balaban J connectivity index is 1.16. The predicted molar refractivity (Wildman–Crippen MR) is 159 cm³/mol. The van der Waals surface area contributed by atoms with E-state index in [9.17, 15) is 22.8 Å². The van der Waals surface area contributed by atoms with Crippen molar-refractivity contribution in [3.05, 3.63) is 101 Å². The third-order valence-electron chi connectivity index (χ3n) is 8.86. The molecule has 2 aliphatic rings. The van der Waals surface area contributed by atoms with Crippen molar-refractivity contribution in [1.29, 1.82) is 0 Å². The molecule has 0 unspecified atom stereocenters. The standard InChI is InChI=1S/C34H35F3N4O2/c1-23(42)41-31-9-6-27(33(43)17-24-10-14-39(15-11-24)21-26-3-2-13-38-19-26)18-29(31)30-22-40(16-12-32(30)41)20-25-4-7-28(8-5-25)34(35,36)37/h2-9,13,18-19,24H,10-12,14-17,20-22H2,1H3. The zero-order chi connectivity index (χ0) is 30.1. The van der Waals surface area contributed by atoms with Gasteiger partial charge in [-0.1, -0.05) is 18.2 Å². The highest BCUT2D eigenvalue weighted by Gasteiger charge is 2.31. The highest BCUT2D eigenvalue weighted by atomic mass is 19.4. The fraction of sp³-hybridized carbons (Fsp3) is 0.382. The van der Waals surface area contributed by atoms with Gasteiger partial charge in [0, 0.05) is 75.0 Å². The number of carbonyl (C=O) groups excluding carboxylic acids is 2. The van der Waals surface area contributed by atoms with Gasteiger partial charge in [-0.05, 0) is 84.9 Å². The number of hydrogen-bond acceptors (Lipinski definition) is 5. The Kier molecular flexibility index (Phi) is 8.20. The number of aromatic nitrogens is 2. The number of pyridine rings is 1. The molecule has 0 saturated carbocycles. The monoisotopic (exact) mass is 588 g/mol. The third-order valence-corrected chi connectivity index (χ3v) is 8.86. The molecular weight excluding hydrogens is 553 g/mol. The van der Waals surface area contributed by atoms with Crippen molar-refractivity contribution in [3.63, 3.8) is 0 Å². The van der Waals surface area contributed by atoms with Gasteiger partial charge in [0.2, 0.25) is 5.91 Å². The van der Waals surface area contributed by atoms with Crippen LogP contribution in [-0.4, -0.2) is 50.7 Å². The van der Waals surface area contributed by atoms with E-state index in [4.69, 9.17) is 0 Å². The molecule has 4 aromatic rings. The average molecular weight is 589 g/mol. The highest BCUT2D eigenvalue weighted by Crippen LogP contribution is 2.34. The van der Waals surface area contributed by atoms with Crippen LogP contribution in [-0.2, 0) is 32.2 Å². The summed E-state index contributed by atoms with van der Waals surface area (Å²) in [7, 11) is 0. The zero-order valence-electron chi connectivity index (χ0n) is 24.2. The number of carbonyl (C=O) groups is 2. The maximum Gasteiger partial charge on any atom is 0.416 e. The first-order chi connectivity index (χ1) is 20.7. The molecule has 0 bridgehead atoms. The topological polar surface area (TPSA) is 58.4 Å². The Hall–Kier alpha value is -3.82. The van der Waals surface area contributed by atoms with Gasteiger partial charge in [-0.3, -0.25) is 28.9 Å². The second-order valence-corrected chi connectivity index (χ2v) is 11.9. The van der Waals surface area contributed by atoms with Crippen LogP contribution in [0.1, 0.15) is 69.3 Å². The van der Waals surface area contributed by atoms with Crippen molar-refractivity contribution < 1.29 is 22.8 Å². The number of nitrogens with zero attached hydrogens (tertiary/aromatic N) is 4. The molecule has 2 aromatic carbocycles. The van der Waals surface area contributed by atoms with Gasteiger partial charge in [-0.2, -0.15) is 13.2 Å². The van der Waals surface area contributed by atoms with Crippen LogP contribution in [0.5, 0.6) is 0 Å². The lowest BCUT2D eigenvalue weighted by Crippen LogP contribution is -2.33. The van der Waals surface area contributed by atoms with E-state index in [0.29, 0.717) is 44.0 Å². The summed E-state index contributed by atoms with van der Waals surface area (Å²) in [5, 5.41) is 0.902. The van der Waals surface area contributed by atoms with Gasteiger partial charge in [0.05, 0.1) is 11.1 Å². The number of rotatable bonds is 7. The summed E-state index contributed by atoms with van der Waals surface area (Å²) in [6.45, 7) is 6.07. The van der Waals surface area contributed by atoms with Crippen molar-refractivity contribution >= 4 is 22.6 Å². The predicted octanol–water partition coefficient (Wildman–Crippen LogP) is 6.76. The molecule has 0 spiro atoms. The minimum atomic E-state index is -4.36. The van der Waals surface area contributed by atoms with Crippen LogP contribution in [0.3, 0.4) is 0 Å². The molecule has 4 heterocycles. The van der Waals surface area contributed by atoms with Gasteiger partial charge in [0.1, 0.15) is 0 Å². The molecule has 2 aromatic heterocycles. The molecule has 43 heavy (non-hydrogen) atoms. The molecule has 1 saturated heterocycles. The summed E-state index contributed by atoms with van der Waals surface area (Å²) in [6.07, 6.45) is 2.42. The molecule has 2 aliphatic heterocycles. The number of fused-ring (bicyclic) bond motifs is 3. The summed E-state index contributed by atoms with van der Waals surface area (Å²) in [4.78, 5) is 34.9. The van der Waals surface area contributed by atoms with Crippen molar-refractivity contribution in [3.8, 4) is 0 Å². The van der Waals surface area contributed by atoms with Gasteiger partial charge >= 0.3 is 6.18 Å². The van der Waals surface area contributed by atoms with Crippen molar-refractivity contribution in [2.24, 2.45) is 5.92 Å². The third kappa shape index (κ3) is 6.43. The van der Waals surface area contributed by atoms with Crippen molar-refractivity contribution in [1.82, 2.24) is 19.4 Å². The summed E-state index contributed by atoms with van der Waals surface area (Å²) < 4.78 is 40.8. The number of alkyl halides is 3. The second-order valence-electron chi connectivity index (χ2n) is 11.9. The fourth-order valence-electron chi connectivity index (χ4n) is 6.62. The smallest absolute Gasteiger partial charge is 0.299 e. The molecule has 0 N–H and O–H groups in total. The number of Topliss-reactive ketones (excluding diaryl/α,β-unsaturated/α-hetero) is 1. The Morgan fingerprint density at radius 3 is 2.35 bits per heavy atom. The number of ketones is 1. The minimum Gasteiger partial charge on any atom is -0.299 e. The Labute approximate surface area is 249 Å². The SMILES string of the molecule is CC(=O)n1c2c(c3cc(C(=O)CC4CCN(Cc5cccnc5)CC4)ccc31)CN(Cc1ccc(C(F)(F)F)cc1)CC2. The van der Waals surface area contributed by atoms with Crippen LogP contribution < -0.4 is 0 Å². The first-order valence-corrected chi connectivity index (χ1v) is 14.9. The largest absolute Gasteiger partial charge is 0.416 e. The maximum absolute atomic E-state index is 13.5. The number of hydrogen-bond donors (Lipinski definition) is 0. The number of halogens is 3. The van der Waals surface area contributed by atoms with Crippen LogP contribution >= 0.6 is 0 Å². The zero-order valence-corrected chi connectivity index (χ0v) is 24.2. The average Bonchev–Trinajstić information content (AvgIpc) is 3.32. The summed E-state index contributed by atoms with van der Waals surface area (Å²) >= 11 is 0. The minimum absolute atomic E-state index is 0.0699. The molecule has 1 fully saturated rings. The van der Waals surface area contributed by atoms with Crippen LogP contribution in [0.15, 0.2) is 67.0 Å². The molecule has 0 aliphatic carbocycles. The number of likely N-dealkylation sites (tertiary alicyclic amines) is 1. The van der Waals surface area contributed by atoms with Gasteiger partial charge in [-0.15, -0.1) is 0 Å². The van der Waals surface area contributed by atoms with E-state index in [1.165, 1.54) is 17.7 Å². The molecule has 9 heteroatoms.